The highest BCUT2D eigenvalue weighted by Crippen LogP contribution is 2.14. The number of aryl methyl sites for hydroxylation is 1. The van der Waals surface area contributed by atoms with Crippen LogP contribution in [-0.2, 0) is 20.1 Å². The van der Waals surface area contributed by atoms with Crippen LogP contribution in [0, 0.1) is 0 Å². The Morgan fingerprint density at radius 2 is 1.90 bits per heavy atom. The summed E-state index contributed by atoms with van der Waals surface area (Å²) < 4.78 is 2.02. The third kappa shape index (κ3) is 5.59. The summed E-state index contributed by atoms with van der Waals surface area (Å²) in [6.07, 6.45) is 4.10. The molecular formula is C15H20ClIN4. The van der Waals surface area contributed by atoms with Crippen molar-refractivity contribution in [2.24, 2.45) is 12.0 Å². The predicted molar refractivity (Wildman–Crippen MR) is 99.3 cm³/mol. The van der Waals surface area contributed by atoms with Crippen molar-refractivity contribution < 1.29 is 0 Å². The van der Waals surface area contributed by atoms with E-state index < -0.39 is 0 Å². The minimum Gasteiger partial charge on any atom is -0.357 e. The van der Waals surface area contributed by atoms with Gasteiger partial charge in [0.2, 0.25) is 0 Å². The van der Waals surface area contributed by atoms with Gasteiger partial charge in [-0.15, -0.1) is 24.0 Å². The van der Waals surface area contributed by atoms with Gasteiger partial charge in [0.05, 0.1) is 0 Å². The van der Waals surface area contributed by atoms with Crippen molar-refractivity contribution in [2.75, 3.05) is 7.05 Å². The molecule has 1 aromatic carbocycles. The highest BCUT2D eigenvalue weighted by atomic mass is 127. The normalized spacial score (nSPS) is 10.9. The number of hydrogen-bond acceptors (Lipinski definition) is 1. The first-order valence-corrected chi connectivity index (χ1v) is 6.85. The van der Waals surface area contributed by atoms with Gasteiger partial charge in [0.25, 0.3) is 0 Å². The van der Waals surface area contributed by atoms with E-state index in [4.69, 9.17) is 11.6 Å². The van der Waals surface area contributed by atoms with Crippen LogP contribution in [0.1, 0.15) is 11.1 Å². The van der Waals surface area contributed by atoms with E-state index in [1.807, 2.05) is 42.1 Å². The van der Waals surface area contributed by atoms with Gasteiger partial charge in [0, 0.05) is 44.6 Å². The number of aliphatic imine (C=N–C) groups is 1. The minimum atomic E-state index is 0. The van der Waals surface area contributed by atoms with Crippen LogP contribution in [0.25, 0.3) is 0 Å². The van der Waals surface area contributed by atoms with Gasteiger partial charge in [0.1, 0.15) is 0 Å². The van der Waals surface area contributed by atoms with Crippen molar-refractivity contribution in [3.8, 4) is 0 Å². The largest absolute Gasteiger partial charge is 0.357 e. The molecule has 0 fully saturated rings. The molecule has 0 atom stereocenters. The van der Waals surface area contributed by atoms with Gasteiger partial charge < -0.3 is 15.2 Å². The molecule has 2 aromatic rings. The molecule has 6 heteroatoms. The number of halogens is 2. The maximum absolute atomic E-state index is 6.12. The molecule has 114 valence electrons. The molecule has 0 saturated carbocycles. The van der Waals surface area contributed by atoms with Crippen LogP contribution < -0.4 is 10.6 Å². The molecule has 0 amide bonds. The zero-order valence-electron chi connectivity index (χ0n) is 12.1. The molecule has 0 radical (unpaired) electrons. The molecule has 0 aliphatic carbocycles. The number of rotatable bonds is 4. The summed E-state index contributed by atoms with van der Waals surface area (Å²) in [7, 11) is 3.76. The molecule has 0 saturated heterocycles. The summed E-state index contributed by atoms with van der Waals surface area (Å²) in [5.41, 5.74) is 2.27. The van der Waals surface area contributed by atoms with Crippen molar-refractivity contribution in [1.29, 1.82) is 0 Å². The highest BCUT2D eigenvalue weighted by molar-refractivity contribution is 14.0. The van der Waals surface area contributed by atoms with Gasteiger partial charge >= 0.3 is 0 Å². The molecule has 1 heterocycles. The highest BCUT2D eigenvalue weighted by Gasteiger charge is 2.02. The second-order valence-electron chi connectivity index (χ2n) is 4.56. The van der Waals surface area contributed by atoms with E-state index >= 15 is 0 Å². The Kier molecular flexibility index (Phi) is 7.60. The fraction of sp³-hybridized carbons (Fsp3) is 0.267. The van der Waals surface area contributed by atoms with Gasteiger partial charge in [-0.1, -0.05) is 29.8 Å². The van der Waals surface area contributed by atoms with Crippen molar-refractivity contribution in [1.82, 2.24) is 15.2 Å². The van der Waals surface area contributed by atoms with E-state index in [2.05, 4.69) is 27.9 Å². The number of aromatic nitrogens is 1. The molecule has 0 unspecified atom stereocenters. The monoisotopic (exact) mass is 418 g/mol. The molecule has 0 spiro atoms. The third-order valence-electron chi connectivity index (χ3n) is 2.98. The van der Waals surface area contributed by atoms with E-state index in [0.717, 1.165) is 23.1 Å². The molecule has 2 N–H and O–H groups in total. The standard InChI is InChI=1S/C15H19ClN4.HI/c1-17-15(18-9-12-7-8-20(2)11-12)19-10-13-5-3-4-6-14(13)16;/h3-8,11H,9-10H2,1-2H3,(H2,17,18,19);1H. The Labute approximate surface area is 147 Å². The Bertz CT molecular complexity index is 595. The van der Waals surface area contributed by atoms with Crippen LogP contribution in [-0.4, -0.2) is 17.6 Å². The van der Waals surface area contributed by atoms with Crippen molar-refractivity contribution in [3.05, 3.63) is 58.9 Å². The average Bonchev–Trinajstić information content (AvgIpc) is 2.86. The minimum absolute atomic E-state index is 0. The first-order valence-electron chi connectivity index (χ1n) is 6.48. The van der Waals surface area contributed by atoms with Gasteiger partial charge in [-0.2, -0.15) is 0 Å². The third-order valence-corrected chi connectivity index (χ3v) is 3.35. The lowest BCUT2D eigenvalue weighted by molar-refractivity contribution is 0.806. The molecule has 0 bridgehead atoms. The SMILES string of the molecule is CN=C(NCc1ccn(C)c1)NCc1ccccc1Cl.I. The zero-order chi connectivity index (χ0) is 14.4. The first kappa shape index (κ1) is 17.8. The van der Waals surface area contributed by atoms with Crippen molar-refractivity contribution >= 4 is 41.5 Å². The number of guanidine groups is 1. The van der Waals surface area contributed by atoms with Crippen molar-refractivity contribution in [2.45, 2.75) is 13.1 Å². The topological polar surface area (TPSA) is 41.4 Å². The Balaban J connectivity index is 0.00000220. The maximum Gasteiger partial charge on any atom is 0.191 e. The summed E-state index contributed by atoms with van der Waals surface area (Å²) in [4.78, 5) is 4.20. The lowest BCUT2D eigenvalue weighted by Gasteiger charge is -2.12. The summed E-state index contributed by atoms with van der Waals surface area (Å²) in [5.74, 6) is 0.758. The summed E-state index contributed by atoms with van der Waals surface area (Å²) in [5, 5.41) is 7.28. The van der Waals surface area contributed by atoms with E-state index in [9.17, 15) is 0 Å². The van der Waals surface area contributed by atoms with Gasteiger partial charge in [-0.05, 0) is 23.3 Å². The van der Waals surface area contributed by atoms with Crippen LogP contribution in [0.5, 0.6) is 0 Å². The van der Waals surface area contributed by atoms with E-state index in [0.29, 0.717) is 6.54 Å². The van der Waals surface area contributed by atoms with E-state index in [1.165, 1.54) is 5.56 Å². The van der Waals surface area contributed by atoms with Gasteiger partial charge in [0.15, 0.2) is 5.96 Å². The molecule has 4 nitrogen and oxygen atoms in total. The smallest absolute Gasteiger partial charge is 0.191 e. The summed E-state index contributed by atoms with van der Waals surface area (Å²) in [6.45, 7) is 1.39. The first-order chi connectivity index (χ1) is 9.69. The van der Waals surface area contributed by atoms with Gasteiger partial charge in [-0.25, -0.2) is 0 Å². The van der Waals surface area contributed by atoms with E-state index in [-0.39, 0.29) is 24.0 Å². The van der Waals surface area contributed by atoms with Crippen LogP contribution in [0.15, 0.2) is 47.7 Å². The molecule has 1 aromatic heterocycles. The lowest BCUT2D eigenvalue weighted by Crippen LogP contribution is -2.36. The van der Waals surface area contributed by atoms with Crippen LogP contribution in [0.3, 0.4) is 0 Å². The lowest BCUT2D eigenvalue weighted by atomic mass is 10.2. The van der Waals surface area contributed by atoms with Crippen LogP contribution in [0.4, 0.5) is 0 Å². The maximum atomic E-state index is 6.12. The number of hydrogen-bond donors (Lipinski definition) is 2. The van der Waals surface area contributed by atoms with Crippen LogP contribution in [0.2, 0.25) is 5.02 Å². The summed E-state index contributed by atoms with van der Waals surface area (Å²) >= 11 is 6.12. The van der Waals surface area contributed by atoms with Crippen LogP contribution >= 0.6 is 35.6 Å². The number of nitrogens with one attached hydrogen (secondary N) is 2. The van der Waals surface area contributed by atoms with Crippen molar-refractivity contribution in [3.63, 3.8) is 0 Å². The second kappa shape index (κ2) is 8.94. The molecule has 21 heavy (non-hydrogen) atoms. The molecule has 0 aliphatic rings. The second-order valence-corrected chi connectivity index (χ2v) is 4.96. The van der Waals surface area contributed by atoms with E-state index in [1.54, 1.807) is 7.05 Å². The number of benzene rings is 1. The van der Waals surface area contributed by atoms with Gasteiger partial charge in [-0.3, -0.25) is 4.99 Å². The Morgan fingerprint density at radius 3 is 2.52 bits per heavy atom. The fourth-order valence-electron chi connectivity index (χ4n) is 1.89. The molecular weight excluding hydrogens is 399 g/mol. The average molecular weight is 419 g/mol. The zero-order valence-corrected chi connectivity index (χ0v) is 15.2. The quantitative estimate of drug-likeness (QED) is 0.455. The predicted octanol–water partition coefficient (Wildman–Crippen LogP) is 3.16. The Morgan fingerprint density at radius 1 is 1.19 bits per heavy atom. The summed E-state index contributed by atoms with van der Waals surface area (Å²) in [6, 6.07) is 9.87. The fourth-order valence-corrected chi connectivity index (χ4v) is 2.10. The Hall–Kier alpha value is -1.21. The number of nitrogens with zero attached hydrogens (tertiary/aromatic N) is 2. The molecule has 0 aliphatic heterocycles. The molecule has 2 rings (SSSR count).